The number of benzene rings is 1. The number of pyridine rings is 1. The summed E-state index contributed by atoms with van der Waals surface area (Å²) >= 11 is 0. The maximum atomic E-state index is 5.00. The number of nitrogens with zero attached hydrogens (tertiary/aromatic N) is 5. The molecule has 3 aromatic rings. The van der Waals surface area contributed by atoms with Crippen molar-refractivity contribution < 1.29 is 4.63 Å². The van der Waals surface area contributed by atoms with Crippen molar-refractivity contribution in [3.63, 3.8) is 0 Å². The third-order valence-corrected chi connectivity index (χ3v) is 7.05. The zero-order valence-corrected chi connectivity index (χ0v) is 18.3. The van der Waals surface area contributed by atoms with E-state index < -0.39 is 0 Å². The Morgan fingerprint density at radius 3 is 2.77 bits per heavy atom. The molecule has 0 bridgehead atoms. The van der Waals surface area contributed by atoms with Crippen LogP contribution >= 0.6 is 0 Å². The molecule has 0 radical (unpaired) electrons. The Balaban J connectivity index is 1.31. The van der Waals surface area contributed by atoms with E-state index in [1.165, 1.54) is 69.2 Å². The van der Waals surface area contributed by atoms with Gasteiger partial charge in [0, 0.05) is 44.6 Å². The van der Waals surface area contributed by atoms with Gasteiger partial charge in [0.05, 0.1) is 0 Å². The third-order valence-electron chi connectivity index (χ3n) is 7.05. The topological polar surface area (TPSA) is 58.3 Å². The SMILES string of the molecule is c1cncc(CN(Cc2cccc3nonc23)CC2CCCN(C3CCCCC3)C2)c1. The molecule has 1 saturated carbocycles. The van der Waals surface area contributed by atoms with E-state index in [1.54, 1.807) is 0 Å². The van der Waals surface area contributed by atoms with Gasteiger partial charge in [-0.05, 0) is 71.7 Å². The van der Waals surface area contributed by atoms with Crippen molar-refractivity contribution in [1.29, 1.82) is 0 Å². The van der Waals surface area contributed by atoms with Crippen LogP contribution in [0, 0.1) is 5.92 Å². The highest BCUT2D eigenvalue weighted by molar-refractivity contribution is 5.76. The highest BCUT2D eigenvalue weighted by Gasteiger charge is 2.28. The van der Waals surface area contributed by atoms with Gasteiger partial charge < -0.3 is 4.90 Å². The summed E-state index contributed by atoms with van der Waals surface area (Å²) in [6, 6.07) is 11.2. The minimum atomic E-state index is 0.710. The maximum Gasteiger partial charge on any atom is 0.139 e. The summed E-state index contributed by atoms with van der Waals surface area (Å²) in [4.78, 5) is 9.70. The van der Waals surface area contributed by atoms with Crippen LogP contribution in [-0.4, -0.2) is 50.8 Å². The van der Waals surface area contributed by atoms with Crippen molar-refractivity contribution in [3.8, 4) is 0 Å². The van der Waals surface area contributed by atoms with E-state index in [0.29, 0.717) is 5.92 Å². The first kappa shape index (κ1) is 20.6. The van der Waals surface area contributed by atoms with E-state index in [2.05, 4.69) is 43.3 Å². The molecular formula is C25H33N5O. The lowest BCUT2D eigenvalue weighted by Crippen LogP contribution is -2.46. The van der Waals surface area contributed by atoms with E-state index in [4.69, 9.17) is 4.63 Å². The summed E-state index contributed by atoms with van der Waals surface area (Å²) < 4.78 is 5.00. The quantitative estimate of drug-likeness (QED) is 0.555. The van der Waals surface area contributed by atoms with Crippen LogP contribution in [0.1, 0.15) is 56.1 Å². The van der Waals surface area contributed by atoms with Crippen LogP contribution in [-0.2, 0) is 13.1 Å². The lowest BCUT2D eigenvalue weighted by atomic mass is 9.90. The molecule has 1 aliphatic heterocycles. The van der Waals surface area contributed by atoms with Gasteiger partial charge in [-0.2, -0.15) is 0 Å². The number of hydrogen-bond donors (Lipinski definition) is 0. The molecule has 6 nitrogen and oxygen atoms in total. The van der Waals surface area contributed by atoms with Crippen molar-refractivity contribution in [1.82, 2.24) is 25.1 Å². The molecule has 2 aliphatic rings. The fourth-order valence-corrected chi connectivity index (χ4v) is 5.55. The van der Waals surface area contributed by atoms with Crippen molar-refractivity contribution >= 4 is 11.0 Å². The molecule has 0 amide bonds. The van der Waals surface area contributed by atoms with Crippen LogP contribution in [0.25, 0.3) is 11.0 Å². The molecule has 1 atom stereocenters. The monoisotopic (exact) mass is 419 g/mol. The van der Waals surface area contributed by atoms with Gasteiger partial charge in [-0.15, -0.1) is 0 Å². The van der Waals surface area contributed by atoms with Crippen molar-refractivity contribution in [2.24, 2.45) is 5.92 Å². The van der Waals surface area contributed by atoms with Crippen molar-refractivity contribution in [2.45, 2.75) is 64.1 Å². The van der Waals surface area contributed by atoms with Gasteiger partial charge in [-0.1, -0.05) is 37.5 Å². The van der Waals surface area contributed by atoms with E-state index >= 15 is 0 Å². The van der Waals surface area contributed by atoms with Crippen LogP contribution in [0.5, 0.6) is 0 Å². The zero-order valence-electron chi connectivity index (χ0n) is 18.3. The number of likely N-dealkylation sites (tertiary alicyclic amines) is 1. The summed E-state index contributed by atoms with van der Waals surface area (Å²) in [5.41, 5.74) is 4.15. The summed E-state index contributed by atoms with van der Waals surface area (Å²) in [6.07, 6.45) is 13.5. The number of hydrogen-bond acceptors (Lipinski definition) is 6. The average Bonchev–Trinajstić information content (AvgIpc) is 3.31. The van der Waals surface area contributed by atoms with E-state index in [1.807, 2.05) is 24.5 Å². The molecule has 5 rings (SSSR count). The average molecular weight is 420 g/mol. The normalized spacial score (nSPS) is 21.1. The number of piperidine rings is 1. The van der Waals surface area contributed by atoms with Gasteiger partial charge in [0.25, 0.3) is 0 Å². The standard InChI is InChI=1S/C25H33N5O/c1-2-10-23(11-3-1)30-14-6-8-21(18-30)17-29(16-20-7-5-13-26-15-20)19-22-9-4-12-24-25(22)28-31-27-24/h4-5,7,9,12-13,15,21,23H,1-3,6,8,10-11,14,16-19H2. The van der Waals surface area contributed by atoms with Gasteiger partial charge in [0.2, 0.25) is 0 Å². The van der Waals surface area contributed by atoms with E-state index in [9.17, 15) is 0 Å². The molecule has 1 saturated heterocycles. The molecule has 2 fully saturated rings. The van der Waals surface area contributed by atoms with E-state index in [0.717, 1.165) is 36.7 Å². The number of rotatable bonds is 7. The van der Waals surface area contributed by atoms with Gasteiger partial charge in [0.1, 0.15) is 11.0 Å². The number of fused-ring (bicyclic) bond motifs is 1. The molecule has 6 heteroatoms. The zero-order chi connectivity index (χ0) is 20.9. The Morgan fingerprint density at radius 1 is 0.968 bits per heavy atom. The summed E-state index contributed by atoms with van der Waals surface area (Å²) in [5, 5.41) is 8.19. The van der Waals surface area contributed by atoms with Gasteiger partial charge in [0.15, 0.2) is 0 Å². The predicted molar refractivity (Wildman–Crippen MR) is 121 cm³/mol. The van der Waals surface area contributed by atoms with Gasteiger partial charge >= 0.3 is 0 Å². The molecule has 0 N–H and O–H groups in total. The van der Waals surface area contributed by atoms with Crippen LogP contribution in [0.15, 0.2) is 47.4 Å². The molecule has 0 spiro atoms. The minimum absolute atomic E-state index is 0.710. The lowest BCUT2D eigenvalue weighted by molar-refractivity contribution is 0.0772. The molecule has 3 heterocycles. The van der Waals surface area contributed by atoms with Crippen LogP contribution in [0.3, 0.4) is 0 Å². The Hall–Kier alpha value is -2.31. The summed E-state index contributed by atoms with van der Waals surface area (Å²) in [5.74, 6) is 0.710. The van der Waals surface area contributed by atoms with Crippen molar-refractivity contribution in [3.05, 3.63) is 53.9 Å². The molecule has 164 valence electrons. The minimum Gasteiger partial charge on any atom is -0.300 e. The second kappa shape index (κ2) is 9.88. The van der Waals surface area contributed by atoms with Gasteiger partial charge in [-0.3, -0.25) is 9.88 Å². The Kier molecular flexibility index (Phi) is 6.56. The van der Waals surface area contributed by atoms with E-state index in [-0.39, 0.29) is 0 Å². The highest BCUT2D eigenvalue weighted by atomic mass is 16.6. The second-order valence-corrected chi connectivity index (χ2v) is 9.38. The largest absolute Gasteiger partial charge is 0.300 e. The predicted octanol–water partition coefficient (Wildman–Crippen LogP) is 4.66. The highest BCUT2D eigenvalue weighted by Crippen LogP contribution is 2.28. The van der Waals surface area contributed by atoms with Crippen molar-refractivity contribution in [2.75, 3.05) is 19.6 Å². The fourth-order valence-electron chi connectivity index (χ4n) is 5.55. The van der Waals surface area contributed by atoms with Gasteiger partial charge in [-0.25, -0.2) is 4.63 Å². The first-order valence-corrected chi connectivity index (χ1v) is 11.9. The molecule has 31 heavy (non-hydrogen) atoms. The first-order valence-electron chi connectivity index (χ1n) is 11.9. The molecule has 2 aromatic heterocycles. The maximum absolute atomic E-state index is 5.00. The Labute approximate surface area is 184 Å². The molecule has 1 unspecified atom stereocenters. The Morgan fingerprint density at radius 2 is 1.90 bits per heavy atom. The third kappa shape index (κ3) is 5.13. The summed E-state index contributed by atoms with van der Waals surface area (Å²) in [7, 11) is 0. The van der Waals surface area contributed by atoms with Crippen LogP contribution < -0.4 is 0 Å². The lowest BCUT2D eigenvalue weighted by Gasteiger charge is -2.41. The second-order valence-electron chi connectivity index (χ2n) is 9.38. The van der Waals surface area contributed by atoms with Crippen LogP contribution in [0.4, 0.5) is 0 Å². The molecular weight excluding hydrogens is 386 g/mol. The van der Waals surface area contributed by atoms with Crippen LogP contribution in [0.2, 0.25) is 0 Å². The molecule has 1 aromatic carbocycles. The Bertz CT molecular complexity index is 953. The summed E-state index contributed by atoms with van der Waals surface area (Å²) in [6.45, 7) is 5.37. The smallest absolute Gasteiger partial charge is 0.139 e. The molecule has 1 aliphatic carbocycles. The fraction of sp³-hybridized carbons (Fsp3) is 0.560. The first-order chi connectivity index (χ1) is 15.3. The number of aromatic nitrogens is 3.